The summed E-state index contributed by atoms with van der Waals surface area (Å²) in [5.41, 5.74) is 1.03. The minimum atomic E-state index is 0.209. The van der Waals surface area contributed by atoms with Gasteiger partial charge >= 0.3 is 0 Å². The molecule has 2 nitrogen and oxygen atoms in total. The van der Waals surface area contributed by atoms with Gasteiger partial charge in [0, 0.05) is 18.2 Å². The quantitative estimate of drug-likeness (QED) is 0.752. The molecule has 2 unspecified atom stereocenters. The molecule has 0 aromatic heterocycles. The Morgan fingerprint density at radius 3 is 2.56 bits per heavy atom. The third-order valence-corrected chi connectivity index (χ3v) is 2.66. The highest BCUT2D eigenvalue weighted by molar-refractivity contribution is 5.33. The van der Waals surface area contributed by atoms with E-state index in [0.717, 1.165) is 5.56 Å². The van der Waals surface area contributed by atoms with Gasteiger partial charge in [0.25, 0.3) is 0 Å². The fourth-order valence-electron chi connectivity index (χ4n) is 1.24. The van der Waals surface area contributed by atoms with E-state index in [4.69, 9.17) is 5.11 Å². The lowest BCUT2D eigenvalue weighted by atomic mass is 10.1. The van der Waals surface area contributed by atoms with Gasteiger partial charge in [-0.15, -0.1) is 0 Å². The molecule has 0 aliphatic rings. The largest absolute Gasteiger partial charge is 0.396 e. The van der Waals surface area contributed by atoms with Crippen LogP contribution in [0.25, 0.3) is 0 Å². The smallest absolute Gasteiger partial charge is 0.0582 e. The second-order valence-electron chi connectivity index (χ2n) is 4.00. The Kier molecular flexibility index (Phi) is 5.63. The molecule has 86 valence electrons. The number of benzene rings is 1. The maximum absolute atomic E-state index is 8.96. The van der Waals surface area contributed by atoms with Gasteiger partial charge in [0.1, 0.15) is 0 Å². The Morgan fingerprint density at radius 2 is 1.94 bits per heavy atom. The Balaban J connectivity index is 2.33. The summed E-state index contributed by atoms with van der Waals surface area (Å²) in [5.74, 6) is 6.41. The van der Waals surface area contributed by atoms with Gasteiger partial charge in [-0.2, -0.15) is 0 Å². The van der Waals surface area contributed by atoms with Crippen molar-refractivity contribution in [2.75, 3.05) is 13.2 Å². The molecular weight excluding hydrogens is 198 g/mol. The first-order chi connectivity index (χ1) is 7.74. The van der Waals surface area contributed by atoms with E-state index < -0.39 is 0 Å². The van der Waals surface area contributed by atoms with E-state index in [9.17, 15) is 0 Å². The van der Waals surface area contributed by atoms with Crippen LogP contribution in [-0.4, -0.2) is 24.3 Å². The van der Waals surface area contributed by atoms with Gasteiger partial charge in [-0.3, -0.25) is 0 Å². The van der Waals surface area contributed by atoms with Crippen LogP contribution in [-0.2, 0) is 0 Å². The van der Waals surface area contributed by atoms with Gasteiger partial charge in [-0.05, 0) is 25.0 Å². The van der Waals surface area contributed by atoms with Crippen LogP contribution in [0, 0.1) is 17.8 Å². The van der Waals surface area contributed by atoms with Crippen molar-refractivity contribution >= 4 is 0 Å². The molecule has 0 bridgehead atoms. The average Bonchev–Trinajstić information content (AvgIpc) is 2.34. The van der Waals surface area contributed by atoms with Gasteiger partial charge in [0.2, 0.25) is 0 Å². The number of rotatable bonds is 4. The predicted molar refractivity (Wildman–Crippen MR) is 67.0 cm³/mol. The fraction of sp³-hybridized carbons (Fsp3) is 0.429. The highest BCUT2D eigenvalue weighted by Crippen LogP contribution is 1.99. The molecule has 1 aromatic rings. The molecule has 0 aliphatic carbocycles. The van der Waals surface area contributed by atoms with E-state index in [2.05, 4.69) is 24.1 Å². The summed E-state index contributed by atoms with van der Waals surface area (Å²) in [7, 11) is 0. The zero-order valence-electron chi connectivity index (χ0n) is 9.90. The topological polar surface area (TPSA) is 32.3 Å². The second kappa shape index (κ2) is 7.05. The highest BCUT2D eigenvalue weighted by atomic mass is 16.3. The molecule has 16 heavy (non-hydrogen) atoms. The van der Waals surface area contributed by atoms with Crippen molar-refractivity contribution in [1.29, 1.82) is 0 Å². The molecule has 0 saturated heterocycles. The van der Waals surface area contributed by atoms with Crippen LogP contribution < -0.4 is 5.32 Å². The van der Waals surface area contributed by atoms with Crippen LogP contribution in [0.1, 0.15) is 19.4 Å². The molecule has 2 N–H and O–H groups in total. The van der Waals surface area contributed by atoms with Gasteiger partial charge in [-0.25, -0.2) is 0 Å². The first kappa shape index (κ1) is 12.8. The Labute approximate surface area is 97.7 Å². The third kappa shape index (κ3) is 4.48. The van der Waals surface area contributed by atoms with Crippen molar-refractivity contribution in [3.05, 3.63) is 35.9 Å². The van der Waals surface area contributed by atoms with Crippen LogP contribution in [0.15, 0.2) is 30.3 Å². The lowest BCUT2D eigenvalue weighted by Crippen LogP contribution is -2.34. The molecule has 2 heteroatoms. The molecule has 1 aromatic carbocycles. The van der Waals surface area contributed by atoms with Crippen molar-refractivity contribution < 1.29 is 5.11 Å². The molecular formula is C14H19NO. The van der Waals surface area contributed by atoms with E-state index in [1.165, 1.54) is 0 Å². The minimum Gasteiger partial charge on any atom is -0.396 e. The van der Waals surface area contributed by atoms with Crippen molar-refractivity contribution in [1.82, 2.24) is 5.32 Å². The molecule has 0 aliphatic heterocycles. The molecule has 0 amide bonds. The van der Waals surface area contributed by atoms with Crippen LogP contribution in [0.5, 0.6) is 0 Å². The summed E-state index contributed by atoms with van der Waals surface area (Å²) in [6.45, 7) is 4.94. The average molecular weight is 217 g/mol. The van der Waals surface area contributed by atoms with Gasteiger partial charge in [-0.1, -0.05) is 37.0 Å². The minimum absolute atomic E-state index is 0.209. The fourth-order valence-corrected chi connectivity index (χ4v) is 1.24. The first-order valence-corrected chi connectivity index (χ1v) is 5.62. The monoisotopic (exact) mass is 217 g/mol. The molecule has 0 radical (unpaired) electrons. The van der Waals surface area contributed by atoms with Gasteiger partial charge in [0.15, 0.2) is 0 Å². The Hall–Kier alpha value is -1.30. The first-order valence-electron chi connectivity index (χ1n) is 5.62. The van der Waals surface area contributed by atoms with Gasteiger partial charge in [0.05, 0.1) is 6.54 Å². The molecule has 0 heterocycles. The van der Waals surface area contributed by atoms with Crippen molar-refractivity contribution in [3.63, 3.8) is 0 Å². The van der Waals surface area contributed by atoms with E-state index in [1.807, 2.05) is 37.3 Å². The Bertz CT molecular complexity index is 350. The molecule has 0 fully saturated rings. The number of nitrogens with one attached hydrogen (secondary N) is 1. The van der Waals surface area contributed by atoms with Crippen molar-refractivity contribution in [2.24, 2.45) is 5.92 Å². The number of aliphatic hydroxyl groups excluding tert-OH is 1. The van der Waals surface area contributed by atoms with Crippen LogP contribution in [0.3, 0.4) is 0 Å². The summed E-state index contributed by atoms with van der Waals surface area (Å²) < 4.78 is 0. The summed E-state index contributed by atoms with van der Waals surface area (Å²) in [6.07, 6.45) is 0. The zero-order chi connectivity index (χ0) is 11.8. The van der Waals surface area contributed by atoms with Crippen LogP contribution in [0.2, 0.25) is 0 Å². The predicted octanol–water partition coefficient (Wildman–Crippen LogP) is 1.64. The molecule has 0 spiro atoms. The zero-order valence-corrected chi connectivity index (χ0v) is 9.90. The molecule has 0 saturated carbocycles. The van der Waals surface area contributed by atoms with Gasteiger partial charge < -0.3 is 10.4 Å². The number of hydrogen-bond acceptors (Lipinski definition) is 2. The van der Waals surface area contributed by atoms with E-state index in [-0.39, 0.29) is 18.6 Å². The lowest BCUT2D eigenvalue weighted by Gasteiger charge is -2.17. The molecule has 2 atom stereocenters. The highest BCUT2D eigenvalue weighted by Gasteiger charge is 2.08. The van der Waals surface area contributed by atoms with Crippen molar-refractivity contribution in [2.45, 2.75) is 19.9 Å². The number of aliphatic hydroxyl groups is 1. The maximum Gasteiger partial charge on any atom is 0.0582 e. The van der Waals surface area contributed by atoms with Crippen LogP contribution >= 0.6 is 0 Å². The second-order valence-corrected chi connectivity index (χ2v) is 4.00. The number of hydrogen-bond donors (Lipinski definition) is 2. The third-order valence-electron chi connectivity index (χ3n) is 2.66. The van der Waals surface area contributed by atoms with Crippen LogP contribution in [0.4, 0.5) is 0 Å². The standard InChI is InChI=1S/C14H19NO/c1-12(11-16)13(2)15-10-6-9-14-7-4-3-5-8-14/h3-5,7-8,12-13,15-16H,10-11H2,1-2H3. The molecule has 1 rings (SSSR count). The normalized spacial score (nSPS) is 13.7. The van der Waals surface area contributed by atoms with E-state index in [0.29, 0.717) is 6.54 Å². The summed E-state index contributed by atoms with van der Waals surface area (Å²) >= 11 is 0. The van der Waals surface area contributed by atoms with E-state index >= 15 is 0 Å². The van der Waals surface area contributed by atoms with Crippen molar-refractivity contribution in [3.8, 4) is 11.8 Å². The Morgan fingerprint density at radius 1 is 1.25 bits per heavy atom. The lowest BCUT2D eigenvalue weighted by molar-refractivity contribution is 0.209. The summed E-state index contributed by atoms with van der Waals surface area (Å²) in [5, 5.41) is 12.2. The summed E-state index contributed by atoms with van der Waals surface area (Å²) in [4.78, 5) is 0. The SMILES string of the molecule is CC(CO)C(C)NCC#Cc1ccccc1. The maximum atomic E-state index is 8.96. The summed E-state index contributed by atoms with van der Waals surface area (Å²) in [6, 6.07) is 10.2. The van der Waals surface area contributed by atoms with E-state index in [1.54, 1.807) is 0 Å².